The molecule has 0 amide bonds. The van der Waals surface area contributed by atoms with Crippen LogP contribution >= 0.6 is 48.8 Å². The van der Waals surface area contributed by atoms with Crippen molar-refractivity contribution in [2.24, 2.45) is 33.8 Å². The monoisotopic (exact) mass is 1670 g/mol. The molecule has 114 heavy (non-hydrogen) atoms. The van der Waals surface area contributed by atoms with Crippen LogP contribution in [0.15, 0.2) is 133 Å². The van der Waals surface area contributed by atoms with Gasteiger partial charge >= 0.3 is 23.9 Å². The molecule has 3 unspecified atom stereocenters. The number of hydrogen-bond donors (Lipinski definition) is 15. The van der Waals surface area contributed by atoms with Gasteiger partial charge < -0.3 is 78.4 Å². The highest BCUT2D eigenvalue weighted by molar-refractivity contribution is 8.00. The first-order valence-electron chi connectivity index (χ1n) is 38.1. The Balaban J connectivity index is -0.00000131. The molecule has 17 N–H and O–H groups in total. The first-order chi connectivity index (χ1) is 53.6. The minimum Gasteiger partial charge on any atom is -0.508 e. The van der Waals surface area contributed by atoms with Gasteiger partial charge in [-0.3, -0.25) is 43.2 Å². The van der Waals surface area contributed by atoms with Gasteiger partial charge in [0.05, 0.1) is 14.2 Å². The van der Waals surface area contributed by atoms with Crippen LogP contribution in [-0.2, 0) is 43.2 Å². The van der Waals surface area contributed by atoms with Gasteiger partial charge in [0, 0.05) is 46.4 Å². The maximum Gasteiger partial charge on any atom is 0.321 e. The molecule has 24 nitrogen and oxygen atoms in total. The van der Waals surface area contributed by atoms with E-state index in [1.54, 1.807) is 78.9 Å². The third-order valence-corrected chi connectivity index (χ3v) is 19.4. The lowest BCUT2D eigenvalue weighted by Crippen LogP contribution is -2.33. The van der Waals surface area contributed by atoms with Crippen molar-refractivity contribution < 1.29 is 98.6 Å². The molecule has 0 spiro atoms. The molecule has 0 aliphatic heterocycles. The number of benzene rings is 3. The number of carbonyl (C=O) groups is 9. The summed E-state index contributed by atoms with van der Waals surface area (Å²) >= 11 is 10.2. The number of rotatable bonds is 43. The largest absolute Gasteiger partial charge is 0.508 e. The van der Waals surface area contributed by atoms with Gasteiger partial charge in [0.1, 0.15) is 29.9 Å². The fourth-order valence-corrected chi connectivity index (χ4v) is 11.6. The molecular formula is C86H130N4O20S4. The van der Waals surface area contributed by atoms with Crippen molar-refractivity contribution in [3.8, 4) is 34.5 Å². The highest BCUT2D eigenvalue weighted by atomic mass is 32.2. The van der Waals surface area contributed by atoms with Gasteiger partial charge in [-0.25, -0.2) is 0 Å². The smallest absolute Gasteiger partial charge is 0.321 e. The van der Waals surface area contributed by atoms with E-state index in [0.717, 1.165) is 93.7 Å². The molecule has 0 fully saturated rings. The molecular weight excluding hydrogens is 1540 g/mol. The van der Waals surface area contributed by atoms with E-state index in [-0.39, 0.29) is 84.7 Å². The van der Waals surface area contributed by atoms with E-state index < -0.39 is 59.6 Å². The Morgan fingerprint density at radius 3 is 1.37 bits per heavy atom. The lowest BCUT2D eigenvalue weighted by Gasteiger charge is -2.21. The topological polar surface area (TPSA) is 458 Å². The molecule has 1 aliphatic carbocycles. The van der Waals surface area contributed by atoms with Crippen molar-refractivity contribution in [2.75, 3.05) is 37.2 Å². The number of methoxy groups -OCH3 is 2. The number of phenolic OH excluding ortho intramolecular Hbond substituents is 4. The molecule has 6 atom stereocenters. The zero-order valence-corrected chi connectivity index (χ0v) is 72.0. The molecule has 0 saturated carbocycles. The Kier molecular flexibility index (Phi) is 62.5. The average Bonchev–Trinajstić information content (AvgIpc) is 0.855. The number of aliphatic hydroxyl groups is 1. The van der Waals surface area contributed by atoms with Crippen LogP contribution in [-0.4, -0.2) is 171 Å². The van der Waals surface area contributed by atoms with Crippen molar-refractivity contribution in [2.45, 2.75) is 226 Å². The normalized spacial score (nSPS) is 13.6. The lowest BCUT2D eigenvalue weighted by molar-refractivity contribution is -0.138. The van der Waals surface area contributed by atoms with E-state index in [1.165, 1.54) is 118 Å². The van der Waals surface area contributed by atoms with Crippen LogP contribution in [0, 0.1) is 10.8 Å². The standard InChI is InChI=1S/C20H29NO5S.C17H31NO3S.C17H22O3.C16H22O3.C10H12O2.2C3H7NO2S/c1-3-4-5-6-16(27-13-17(21)20(24)25)12-15(22)9-7-14-8-10-18(23)19(11-14)26-2;1-5-6-7-8-14(22-12-15(18)16(20)21)11-13(19)9-10-17(2,3)4;1-3-4-5-6-7-8-15(18)11-9-14-10-12-16(19)17(13-14)20-2;1-2-3-4-5-6-7-14(17)10-8-13-9-11-15(18)16(19)12-13;1-10(2,3)7-4-5-8(11)9(12)6-7;2*4-2(1-7)3(5)6/h7-11,16-17,23H,3-6,12-13,21H2,1-2H3,(H,24,25);9-11,14-15,19H,5-8,12,18H2,1-4H3,(H,20,21);7-13,19H,3-6H2,1-2H3;8-12,18-19H,2-7H2,1H3;4-6H,1-3H3;2*2,7H,1,4H2,(H,5,6)/b9-7+;10-9+,13-11-;8-7-,11-9+;10-8+;;;/t16?,17-;14?,15-;;;;2-;/m11...1./s1. The van der Waals surface area contributed by atoms with Crippen LogP contribution in [0.2, 0.25) is 0 Å². The number of allylic oxidation sites excluding steroid dienone is 11. The quantitative estimate of drug-likeness (QED) is 0.00366. The van der Waals surface area contributed by atoms with E-state index in [4.69, 9.17) is 57.9 Å². The number of aliphatic carboxylic acids is 4. The second kappa shape index (κ2) is 64.9. The molecule has 0 radical (unpaired) electrons. The summed E-state index contributed by atoms with van der Waals surface area (Å²) in [6.45, 7) is 20.8. The van der Waals surface area contributed by atoms with E-state index in [1.807, 2.05) is 32.9 Å². The molecule has 4 rings (SSSR count). The molecule has 0 aromatic heterocycles. The summed E-state index contributed by atoms with van der Waals surface area (Å²) in [7, 11) is 2.96. The number of carbonyl (C=O) groups excluding carboxylic acids is 5. The summed E-state index contributed by atoms with van der Waals surface area (Å²) in [6.07, 6.45) is 42.4. The minimum atomic E-state index is -1.03. The maximum atomic E-state index is 12.3. The number of phenols is 4. The third kappa shape index (κ3) is 58.5. The lowest BCUT2D eigenvalue weighted by atomic mass is 9.83. The first kappa shape index (κ1) is 110. The number of thioether (sulfide) groups is 2. The van der Waals surface area contributed by atoms with Gasteiger partial charge in [0.15, 0.2) is 51.8 Å². The fraction of sp³-hybridized carbons (Fsp3) is 0.500. The van der Waals surface area contributed by atoms with Crippen LogP contribution in [0.3, 0.4) is 0 Å². The number of hydrogen-bond acceptors (Lipinski definition) is 24. The number of carboxylic acids is 4. The zero-order chi connectivity index (χ0) is 87.4. The number of ketones is 5. The summed E-state index contributed by atoms with van der Waals surface area (Å²) in [5.41, 5.74) is 24.1. The van der Waals surface area contributed by atoms with E-state index in [0.29, 0.717) is 35.7 Å². The predicted molar refractivity (Wildman–Crippen MR) is 469 cm³/mol. The van der Waals surface area contributed by atoms with Crippen LogP contribution in [0.4, 0.5) is 0 Å². The Morgan fingerprint density at radius 2 is 0.930 bits per heavy atom. The molecule has 0 saturated heterocycles. The second-order valence-electron chi connectivity index (χ2n) is 28.4. The van der Waals surface area contributed by atoms with Gasteiger partial charge in [-0.2, -0.15) is 48.8 Å². The second-order valence-corrected chi connectivity index (χ2v) is 31.7. The van der Waals surface area contributed by atoms with Crippen LogP contribution in [0.5, 0.6) is 34.5 Å². The van der Waals surface area contributed by atoms with Gasteiger partial charge in [0.2, 0.25) is 11.6 Å². The number of unbranched alkanes of at least 4 members (excludes halogenated alkanes) is 11. The summed E-state index contributed by atoms with van der Waals surface area (Å²) in [6, 6.07) is 10.9. The van der Waals surface area contributed by atoms with Crippen molar-refractivity contribution in [1.82, 2.24) is 0 Å². The Labute approximate surface area is 695 Å². The van der Waals surface area contributed by atoms with E-state index in [2.05, 4.69) is 73.7 Å². The number of aromatic hydroxyl groups is 4. The van der Waals surface area contributed by atoms with Gasteiger partial charge in [-0.15, -0.1) is 0 Å². The molecule has 3 aromatic carbocycles. The SMILES string of the molecule is CC(C)(C)C1=CC(=O)C(=O)C=C1.CCCCC/C=C\C(=O)/C=C/c1ccc(O)c(OC)c1.CCCCCC(/C=C(O)/C=C/C(C)(C)C)SC[C@@H](N)C(=O)O.CCCCCC(CC(=O)/C=C/c1ccc(O)c(OC)c1)SC[C@@H](N)C(=O)O.CCCCCCCC(=O)/C=C/c1ccc(O)c(O)c1.NC(CS)C(=O)O.N[C@H](CS)C(=O)O. The molecule has 3 aromatic rings. The number of nitrogens with two attached hydrogens (primary N) is 4. The van der Waals surface area contributed by atoms with Crippen molar-refractivity contribution >= 4 is 120 Å². The van der Waals surface area contributed by atoms with Crippen LogP contribution < -0.4 is 32.4 Å². The van der Waals surface area contributed by atoms with Crippen molar-refractivity contribution in [1.29, 1.82) is 0 Å². The summed E-state index contributed by atoms with van der Waals surface area (Å²) < 4.78 is 10.1. The number of aliphatic hydroxyl groups excluding tert-OH is 1. The van der Waals surface area contributed by atoms with E-state index >= 15 is 0 Å². The van der Waals surface area contributed by atoms with Crippen LogP contribution in [0.1, 0.15) is 208 Å². The summed E-state index contributed by atoms with van der Waals surface area (Å²) in [4.78, 5) is 98.5. The van der Waals surface area contributed by atoms with Crippen LogP contribution in [0.25, 0.3) is 18.2 Å². The Morgan fingerprint density at radius 1 is 0.491 bits per heavy atom. The highest BCUT2D eigenvalue weighted by Crippen LogP contribution is 2.31. The molecule has 638 valence electrons. The molecule has 28 heteroatoms. The molecule has 0 bridgehead atoms. The third-order valence-electron chi connectivity index (χ3n) is 15.8. The van der Waals surface area contributed by atoms with Crippen molar-refractivity contribution in [3.63, 3.8) is 0 Å². The van der Waals surface area contributed by atoms with Gasteiger partial charge in [-0.1, -0.05) is 201 Å². The number of ether oxygens (including phenoxy) is 2. The predicted octanol–water partition coefficient (Wildman–Crippen LogP) is 16.1. The summed E-state index contributed by atoms with van der Waals surface area (Å²) in [5, 5.41) is 81.5. The Bertz CT molecular complexity index is 3590. The fourth-order valence-electron chi connectivity index (χ4n) is 8.84. The first-order valence-corrected chi connectivity index (χ1v) is 41.5. The van der Waals surface area contributed by atoms with Crippen molar-refractivity contribution in [3.05, 3.63) is 149 Å². The maximum absolute atomic E-state index is 12.3. The zero-order valence-electron chi connectivity index (χ0n) is 68.5. The molecule has 0 heterocycles. The van der Waals surface area contributed by atoms with E-state index in [9.17, 15) is 63.6 Å². The highest BCUT2D eigenvalue weighted by Gasteiger charge is 2.23. The molecule has 1 aliphatic rings. The number of carboxylic acid groups (broad SMARTS) is 4. The average molecular weight is 1670 g/mol. The minimum absolute atomic E-state index is 0.0122. The Hall–Kier alpha value is -8.35. The summed E-state index contributed by atoms with van der Waals surface area (Å²) in [5.74, 6) is -3.02. The number of thiol groups is 2. The van der Waals surface area contributed by atoms with Gasteiger partial charge in [0.25, 0.3) is 0 Å². The van der Waals surface area contributed by atoms with Gasteiger partial charge in [-0.05, 0) is 150 Å².